The van der Waals surface area contributed by atoms with E-state index in [0.717, 1.165) is 18.5 Å². The molecule has 116 valence electrons. The molecule has 3 N–H and O–H groups in total. The molecule has 1 amide bonds. The first-order valence-corrected chi connectivity index (χ1v) is 7.68. The quantitative estimate of drug-likeness (QED) is 0.343. The van der Waals surface area contributed by atoms with Crippen molar-refractivity contribution in [1.82, 2.24) is 15.0 Å². The molecule has 10 nitrogen and oxygen atoms in total. The van der Waals surface area contributed by atoms with Crippen molar-refractivity contribution in [3.8, 4) is 0 Å². The van der Waals surface area contributed by atoms with E-state index in [4.69, 9.17) is 0 Å². The van der Waals surface area contributed by atoms with E-state index in [2.05, 4.69) is 20.3 Å². The fraction of sp³-hybridized carbons (Fsp3) is 0.400. The van der Waals surface area contributed by atoms with Gasteiger partial charge in [0, 0.05) is 26.2 Å². The van der Waals surface area contributed by atoms with Crippen LogP contribution in [0.4, 0.5) is 11.5 Å². The van der Waals surface area contributed by atoms with Gasteiger partial charge in [0.15, 0.2) is 0 Å². The zero-order valence-corrected chi connectivity index (χ0v) is 12.2. The molecule has 0 unspecified atom stereocenters. The van der Waals surface area contributed by atoms with Crippen LogP contribution < -0.4 is 15.4 Å². The predicted molar refractivity (Wildman–Crippen MR) is 75.6 cm³/mol. The molecule has 1 rings (SSSR count). The molecule has 0 aliphatic heterocycles. The summed E-state index contributed by atoms with van der Waals surface area (Å²) < 4.78 is 23.9. The van der Waals surface area contributed by atoms with Gasteiger partial charge in [-0.1, -0.05) is 0 Å². The first kappa shape index (κ1) is 16.8. The van der Waals surface area contributed by atoms with Crippen LogP contribution in [0.5, 0.6) is 0 Å². The van der Waals surface area contributed by atoms with Crippen molar-refractivity contribution in [1.29, 1.82) is 0 Å². The number of carbonyl (C=O) groups is 1. The Hall–Kier alpha value is -2.27. The summed E-state index contributed by atoms with van der Waals surface area (Å²) in [4.78, 5) is 25.7. The van der Waals surface area contributed by atoms with E-state index in [9.17, 15) is 23.3 Å². The molecule has 11 heteroatoms. The maximum atomic E-state index is 11.9. The summed E-state index contributed by atoms with van der Waals surface area (Å²) in [5.41, 5.74) is -0.306. The van der Waals surface area contributed by atoms with E-state index in [0.29, 0.717) is 0 Å². The molecule has 1 aromatic rings. The lowest BCUT2D eigenvalue weighted by Gasteiger charge is -2.09. The topological polar surface area (TPSA) is 143 Å². The molecule has 0 radical (unpaired) electrons. The van der Waals surface area contributed by atoms with E-state index >= 15 is 0 Å². The summed E-state index contributed by atoms with van der Waals surface area (Å²) in [6, 6.07) is 1.10. The average molecular weight is 317 g/mol. The van der Waals surface area contributed by atoms with Gasteiger partial charge in [0.1, 0.15) is 12.0 Å². The fourth-order valence-electron chi connectivity index (χ4n) is 1.43. The maximum Gasteiger partial charge on any atom is 0.288 e. The summed E-state index contributed by atoms with van der Waals surface area (Å²) in [7, 11) is -1.81. The third kappa shape index (κ3) is 5.31. The van der Waals surface area contributed by atoms with Gasteiger partial charge in [0.25, 0.3) is 11.6 Å². The summed E-state index contributed by atoms with van der Waals surface area (Å²) in [5, 5.41) is 15.8. The van der Waals surface area contributed by atoms with Crippen LogP contribution in [-0.2, 0) is 10.0 Å². The Morgan fingerprint density at radius 3 is 2.62 bits per heavy atom. The number of carbonyl (C=O) groups excluding carboxylic acids is 1. The van der Waals surface area contributed by atoms with Crippen LogP contribution in [0.25, 0.3) is 0 Å². The first-order chi connectivity index (χ1) is 9.74. The molecule has 0 spiro atoms. The van der Waals surface area contributed by atoms with Gasteiger partial charge >= 0.3 is 0 Å². The van der Waals surface area contributed by atoms with Crippen molar-refractivity contribution in [2.45, 2.75) is 0 Å². The van der Waals surface area contributed by atoms with Gasteiger partial charge in [-0.25, -0.2) is 18.1 Å². The van der Waals surface area contributed by atoms with Gasteiger partial charge in [-0.3, -0.25) is 14.9 Å². The number of aromatic nitrogens is 1. The minimum absolute atomic E-state index is 0.00561. The molecule has 0 saturated carbocycles. The first-order valence-electron chi connectivity index (χ1n) is 5.79. The Morgan fingerprint density at radius 2 is 2.10 bits per heavy atom. The van der Waals surface area contributed by atoms with Gasteiger partial charge in [0.05, 0.1) is 16.7 Å². The van der Waals surface area contributed by atoms with E-state index < -0.39 is 20.9 Å². The van der Waals surface area contributed by atoms with Crippen LogP contribution >= 0.6 is 0 Å². The predicted octanol–water partition coefficient (Wildman–Crippen LogP) is -0.689. The van der Waals surface area contributed by atoms with Crippen molar-refractivity contribution in [2.24, 2.45) is 0 Å². The second kappa shape index (κ2) is 6.95. The lowest BCUT2D eigenvalue weighted by atomic mass is 10.2. The molecule has 1 aromatic heterocycles. The summed E-state index contributed by atoms with van der Waals surface area (Å²) in [6.45, 7) is 0.0551. The molecule has 0 aromatic carbocycles. The lowest BCUT2D eigenvalue weighted by Crippen LogP contribution is -2.34. The Balaban J connectivity index is 2.76. The minimum Gasteiger partial charge on any atom is -0.372 e. The number of anilines is 1. The summed E-state index contributed by atoms with van der Waals surface area (Å²) in [5.74, 6) is -0.403. The molecule has 0 fully saturated rings. The van der Waals surface area contributed by atoms with Crippen molar-refractivity contribution in [3.05, 3.63) is 27.9 Å². The van der Waals surface area contributed by atoms with Gasteiger partial charge in [0.2, 0.25) is 10.0 Å². The van der Waals surface area contributed by atoms with Crippen molar-refractivity contribution in [3.63, 3.8) is 0 Å². The van der Waals surface area contributed by atoms with Gasteiger partial charge < -0.3 is 10.6 Å². The number of hydrogen-bond donors (Lipinski definition) is 3. The number of amides is 1. The van der Waals surface area contributed by atoms with E-state index in [1.165, 1.54) is 7.05 Å². The van der Waals surface area contributed by atoms with E-state index in [1.54, 1.807) is 0 Å². The third-order valence-electron chi connectivity index (χ3n) is 2.34. The number of pyridine rings is 1. The van der Waals surface area contributed by atoms with Gasteiger partial charge in [-0.2, -0.15) is 0 Å². The highest BCUT2D eigenvalue weighted by molar-refractivity contribution is 7.88. The Labute approximate surface area is 121 Å². The monoisotopic (exact) mass is 317 g/mol. The Morgan fingerprint density at radius 1 is 1.43 bits per heavy atom. The number of hydrogen-bond acceptors (Lipinski definition) is 7. The van der Waals surface area contributed by atoms with Crippen LogP contribution in [0.3, 0.4) is 0 Å². The molecule has 0 saturated heterocycles. The van der Waals surface area contributed by atoms with Crippen LogP contribution in [-0.4, -0.2) is 50.6 Å². The minimum atomic E-state index is -3.33. The van der Waals surface area contributed by atoms with Gasteiger partial charge in [-0.15, -0.1) is 0 Å². The Bertz CT molecular complexity index is 645. The molecule has 0 aliphatic rings. The van der Waals surface area contributed by atoms with Crippen molar-refractivity contribution >= 4 is 27.4 Å². The Kier molecular flexibility index (Phi) is 5.55. The molecule has 0 atom stereocenters. The van der Waals surface area contributed by atoms with Gasteiger partial charge in [-0.05, 0) is 0 Å². The maximum absolute atomic E-state index is 11.9. The van der Waals surface area contributed by atoms with E-state index in [-0.39, 0.29) is 30.2 Å². The van der Waals surface area contributed by atoms with Crippen LogP contribution in [0.2, 0.25) is 0 Å². The number of rotatable bonds is 7. The zero-order chi connectivity index (χ0) is 16.0. The highest BCUT2D eigenvalue weighted by Crippen LogP contribution is 2.18. The smallest absolute Gasteiger partial charge is 0.288 e. The normalized spacial score (nSPS) is 11.0. The van der Waals surface area contributed by atoms with E-state index in [1.807, 2.05) is 0 Å². The number of sulfonamides is 1. The largest absolute Gasteiger partial charge is 0.372 e. The number of nitrogens with one attached hydrogen (secondary N) is 3. The molecule has 0 bridgehead atoms. The molecule has 0 aliphatic carbocycles. The number of nitrogens with zero attached hydrogens (tertiary/aromatic N) is 2. The zero-order valence-electron chi connectivity index (χ0n) is 11.4. The summed E-state index contributed by atoms with van der Waals surface area (Å²) in [6.07, 6.45) is 2.03. The van der Waals surface area contributed by atoms with Crippen molar-refractivity contribution < 1.29 is 18.1 Å². The second-order valence-corrected chi connectivity index (χ2v) is 5.85. The average Bonchev–Trinajstić information content (AvgIpc) is 2.41. The third-order valence-corrected chi connectivity index (χ3v) is 3.07. The van der Waals surface area contributed by atoms with Crippen LogP contribution in [0, 0.1) is 10.1 Å². The molecule has 1 heterocycles. The van der Waals surface area contributed by atoms with Crippen LogP contribution in [0.15, 0.2) is 12.3 Å². The molecular weight excluding hydrogens is 302 g/mol. The second-order valence-electron chi connectivity index (χ2n) is 4.02. The molecular formula is C10H15N5O5S. The van der Waals surface area contributed by atoms with Crippen molar-refractivity contribution in [2.75, 3.05) is 31.7 Å². The molecule has 21 heavy (non-hydrogen) atoms. The highest BCUT2D eigenvalue weighted by atomic mass is 32.2. The SMILES string of the molecule is CNc1ncc([N+](=O)[O-])cc1C(=O)NCCNS(C)(=O)=O. The van der Waals surface area contributed by atoms with Crippen LogP contribution in [0.1, 0.15) is 10.4 Å². The fourth-order valence-corrected chi connectivity index (χ4v) is 1.91. The standard InChI is InChI=1S/C10H15N5O5S/c1-11-9-8(5-7(6-13-9)15(17)18)10(16)12-3-4-14-21(2,19)20/h5-6,14H,3-4H2,1-2H3,(H,11,13)(H,12,16). The lowest BCUT2D eigenvalue weighted by molar-refractivity contribution is -0.385. The number of nitro groups is 1. The summed E-state index contributed by atoms with van der Waals surface area (Å²) >= 11 is 0. The highest BCUT2D eigenvalue weighted by Gasteiger charge is 2.17.